The number of halogens is 2. The lowest BCUT2D eigenvalue weighted by Gasteiger charge is -2.07. The minimum absolute atomic E-state index is 0.181. The van der Waals surface area contributed by atoms with Gasteiger partial charge in [-0.3, -0.25) is 9.59 Å². The SMILES string of the molecule is CC(=O)Nc1nc2ccc(NC(=O)c3ccc(Cl)cc3Cl)cc2s1. The van der Waals surface area contributed by atoms with E-state index in [1.165, 1.54) is 24.3 Å². The molecule has 3 rings (SSSR count). The van der Waals surface area contributed by atoms with E-state index in [2.05, 4.69) is 15.6 Å². The van der Waals surface area contributed by atoms with Crippen LogP contribution in [0.1, 0.15) is 17.3 Å². The number of carbonyl (C=O) groups is 2. The Labute approximate surface area is 151 Å². The van der Waals surface area contributed by atoms with E-state index in [0.717, 1.165) is 10.2 Å². The van der Waals surface area contributed by atoms with Crippen molar-refractivity contribution in [3.8, 4) is 0 Å². The molecule has 0 atom stereocenters. The highest BCUT2D eigenvalue weighted by atomic mass is 35.5. The molecule has 2 aromatic carbocycles. The lowest BCUT2D eigenvalue weighted by atomic mass is 10.2. The average Bonchev–Trinajstić information content (AvgIpc) is 2.87. The number of hydrogen-bond donors (Lipinski definition) is 2. The molecule has 8 heteroatoms. The fourth-order valence-electron chi connectivity index (χ4n) is 2.08. The van der Waals surface area contributed by atoms with Gasteiger partial charge in [0.2, 0.25) is 5.91 Å². The summed E-state index contributed by atoms with van der Waals surface area (Å²) in [5.41, 5.74) is 1.69. The number of hydrogen-bond acceptors (Lipinski definition) is 4. The lowest BCUT2D eigenvalue weighted by molar-refractivity contribution is -0.114. The molecule has 0 bridgehead atoms. The molecule has 0 unspecified atom stereocenters. The van der Waals surface area contributed by atoms with Crippen LogP contribution in [-0.4, -0.2) is 16.8 Å². The van der Waals surface area contributed by atoms with Crippen molar-refractivity contribution in [1.29, 1.82) is 0 Å². The number of carbonyl (C=O) groups excluding carboxylic acids is 2. The van der Waals surface area contributed by atoms with Crippen LogP contribution < -0.4 is 10.6 Å². The highest BCUT2D eigenvalue weighted by Crippen LogP contribution is 2.29. The number of benzene rings is 2. The summed E-state index contributed by atoms with van der Waals surface area (Å²) in [4.78, 5) is 27.7. The standard InChI is InChI=1S/C16H11Cl2N3O2S/c1-8(22)19-16-21-13-5-3-10(7-14(13)24-16)20-15(23)11-4-2-9(17)6-12(11)18/h2-7H,1H3,(H,20,23)(H,19,21,22). The van der Waals surface area contributed by atoms with Crippen LogP contribution >= 0.6 is 34.5 Å². The number of nitrogens with one attached hydrogen (secondary N) is 2. The third-order valence-corrected chi connectivity index (χ3v) is 4.59. The van der Waals surface area contributed by atoms with Gasteiger partial charge in [-0.1, -0.05) is 34.5 Å². The second-order valence-corrected chi connectivity index (χ2v) is 6.84. The monoisotopic (exact) mass is 379 g/mol. The van der Waals surface area contributed by atoms with Crippen LogP contribution in [0, 0.1) is 0 Å². The number of rotatable bonds is 3. The van der Waals surface area contributed by atoms with Gasteiger partial charge in [-0.15, -0.1) is 0 Å². The van der Waals surface area contributed by atoms with Crippen LogP contribution in [-0.2, 0) is 4.79 Å². The van der Waals surface area contributed by atoms with Crippen LogP contribution in [0.3, 0.4) is 0 Å². The third-order valence-electron chi connectivity index (χ3n) is 3.11. The summed E-state index contributed by atoms with van der Waals surface area (Å²) in [5, 5.41) is 6.70. The van der Waals surface area contributed by atoms with Gasteiger partial charge in [0.1, 0.15) is 0 Å². The molecule has 1 aromatic heterocycles. The predicted octanol–water partition coefficient (Wildman–Crippen LogP) is 4.81. The van der Waals surface area contributed by atoms with E-state index < -0.39 is 0 Å². The van der Waals surface area contributed by atoms with Crippen molar-refractivity contribution in [3.63, 3.8) is 0 Å². The molecule has 0 saturated heterocycles. The molecule has 3 aromatic rings. The molecule has 24 heavy (non-hydrogen) atoms. The van der Waals surface area contributed by atoms with E-state index in [1.807, 2.05) is 0 Å². The highest BCUT2D eigenvalue weighted by molar-refractivity contribution is 7.22. The van der Waals surface area contributed by atoms with E-state index in [0.29, 0.717) is 21.4 Å². The second kappa shape index (κ2) is 6.76. The molecule has 2 N–H and O–H groups in total. The van der Waals surface area contributed by atoms with E-state index in [1.54, 1.807) is 30.3 Å². The molecule has 0 spiro atoms. The fraction of sp³-hybridized carbons (Fsp3) is 0.0625. The molecule has 0 aliphatic rings. The van der Waals surface area contributed by atoms with Gasteiger partial charge in [0.25, 0.3) is 5.91 Å². The number of nitrogens with zero attached hydrogens (tertiary/aromatic N) is 1. The Kier molecular flexibility index (Phi) is 4.71. The first-order chi connectivity index (χ1) is 11.4. The Bertz CT molecular complexity index is 956. The molecule has 0 aliphatic heterocycles. The highest BCUT2D eigenvalue weighted by Gasteiger charge is 2.12. The van der Waals surface area contributed by atoms with Crippen LogP contribution in [0.4, 0.5) is 10.8 Å². The lowest BCUT2D eigenvalue weighted by Crippen LogP contribution is -2.12. The van der Waals surface area contributed by atoms with Crippen LogP contribution in [0.2, 0.25) is 10.0 Å². The van der Waals surface area contributed by atoms with Crippen molar-refractivity contribution in [3.05, 3.63) is 52.0 Å². The Morgan fingerprint density at radius 2 is 1.88 bits per heavy atom. The summed E-state index contributed by atoms with van der Waals surface area (Å²) in [7, 11) is 0. The molecular formula is C16H11Cl2N3O2S. The van der Waals surface area contributed by atoms with E-state index in [-0.39, 0.29) is 16.8 Å². The van der Waals surface area contributed by atoms with E-state index in [9.17, 15) is 9.59 Å². The summed E-state index contributed by atoms with van der Waals surface area (Å²) in [5.74, 6) is -0.512. The first kappa shape index (κ1) is 16.7. The summed E-state index contributed by atoms with van der Waals surface area (Å²) in [6, 6.07) is 10.00. The van der Waals surface area contributed by atoms with Crippen molar-refractivity contribution in [2.24, 2.45) is 0 Å². The number of thiazole rings is 1. The van der Waals surface area contributed by atoms with Gasteiger partial charge in [-0.2, -0.15) is 0 Å². The molecule has 5 nitrogen and oxygen atoms in total. The third kappa shape index (κ3) is 3.67. The number of anilines is 2. The second-order valence-electron chi connectivity index (χ2n) is 4.96. The Morgan fingerprint density at radius 1 is 1.08 bits per heavy atom. The summed E-state index contributed by atoms with van der Waals surface area (Å²) >= 11 is 13.2. The predicted molar refractivity (Wildman–Crippen MR) is 98.3 cm³/mol. The smallest absolute Gasteiger partial charge is 0.257 e. The molecular weight excluding hydrogens is 369 g/mol. The van der Waals surface area contributed by atoms with Gasteiger partial charge >= 0.3 is 0 Å². The van der Waals surface area contributed by atoms with Gasteiger partial charge in [-0.25, -0.2) is 4.98 Å². The average molecular weight is 380 g/mol. The van der Waals surface area contributed by atoms with Crippen molar-refractivity contribution < 1.29 is 9.59 Å². The quantitative estimate of drug-likeness (QED) is 0.685. The zero-order valence-electron chi connectivity index (χ0n) is 12.4. The molecule has 0 aliphatic carbocycles. The molecule has 122 valence electrons. The van der Waals surface area contributed by atoms with Gasteiger partial charge in [-0.05, 0) is 36.4 Å². The first-order valence-corrected chi connectivity index (χ1v) is 8.44. The molecule has 2 amide bonds. The maximum atomic E-state index is 12.3. The van der Waals surface area contributed by atoms with Gasteiger partial charge in [0.05, 0.1) is 20.8 Å². The zero-order valence-corrected chi connectivity index (χ0v) is 14.7. The van der Waals surface area contributed by atoms with E-state index >= 15 is 0 Å². The maximum absolute atomic E-state index is 12.3. The molecule has 0 saturated carbocycles. The van der Waals surface area contributed by atoms with Crippen molar-refractivity contribution in [2.45, 2.75) is 6.92 Å². The molecule has 0 radical (unpaired) electrons. The van der Waals surface area contributed by atoms with Crippen LogP contribution in [0.25, 0.3) is 10.2 Å². The van der Waals surface area contributed by atoms with Crippen LogP contribution in [0.15, 0.2) is 36.4 Å². The molecule has 0 fully saturated rings. The summed E-state index contributed by atoms with van der Waals surface area (Å²) in [6.45, 7) is 1.42. The van der Waals surface area contributed by atoms with E-state index in [4.69, 9.17) is 23.2 Å². The normalized spacial score (nSPS) is 10.6. The Morgan fingerprint density at radius 3 is 2.58 bits per heavy atom. The Hall–Kier alpha value is -2.15. The van der Waals surface area contributed by atoms with Gasteiger partial charge in [0, 0.05) is 17.6 Å². The van der Waals surface area contributed by atoms with Crippen molar-refractivity contribution in [2.75, 3.05) is 10.6 Å². The first-order valence-electron chi connectivity index (χ1n) is 6.87. The number of fused-ring (bicyclic) bond motifs is 1. The van der Waals surface area contributed by atoms with Gasteiger partial charge < -0.3 is 10.6 Å². The summed E-state index contributed by atoms with van der Waals surface area (Å²) < 4.78 is 0.846. The topological polar surface area (TPSA) is 71.1 Å². The number of aromatic nitrogens is 1. The zero-order chi connectivity index (χ0) is 17.3. The minimum atomic E-state index is -0.331. The summed E-state index contributed by atoms with van der Waals surface area (Å²) in [6.07, 6.45) is 0. The number of amides is 2. The largest absolute Gasteiger partial charge is 0.322 e. The van der Waals surface area contributed by atoms with Gasteiger partial charge in [0.15, 0.2) is 5.13 Å². The molecule has 1 heterocycles. The van der Waals surface area contributed by atoms with Crippen molar-refractivity contribution in [1.82, 2.24) is 4.98 Å². The maximum Gasteiger partial charge on any atom is 0.257 e. The van der Waals surface area contributed by atoms with Crippen molar-refractivity contribution >= 4 is 67.4 Å². The Balaban J connectivity index is 1.84. The minimum Gasteiger partial charge on any atom is -0.322 e. The van der Waals surface area contributed by atoms with Crippen LogP contribution in [0.5, 0.6) is 0 Å². The fourth-order valence-corrected chi connectivity index (χ4v) is 3.52.